The maximum absolute atomic E-state index is 12.7. The quantitative estimate of drug-likeness (QED) is 0.534. The van der Waals surface area contributed by atoms with Gasteiger partial charge in [0.15, 0.2) is 0 Å². The highest BCUT2D eigenvalue weighted by atomic mass is 31.2. The molecule has 0 fully saturated rings. The number of nitrogens with one attached hydrogen (secondary N) is 1. The van der Waals surface area contributed by atoms with Gasteiger partial charge in [-0.15, -0.1) is 0 Å². The van der Waals surface area contributed by atoms with E-state index in [4.69, 9.17) is 13.8 Å². The van der Waals surface area contributed by atoms with Crippen molar-refractivity contribution < 1.29 is 32.7 Å². The summed E-state index contributed by atoms with van der Waals surface area (Å²) in [5.41, 5.74) is 0.764. The van der Waals surface area contributed by atoms with Crippen LogP contribution in [-0.2, 0) is 34.5 Å². The van der Waals surface area contributed by atoms with Crippen LogP contribution in [0.15, 0.2) is 30.3 Å². The van der Waals surface area contributed by atoms with Crippen molar-refractivity contribution in [3.63, 3.8) is 0 Å². The van der Waals surface area contributed by atoms with Crippen LogP contribution in [0.1, 0.15) is 19.4 Å². The van der Waals surface area contributed by atoms with Crippen LogP contribution in [0.3, 0.4) is 0 Å². The molecule has 134 valence electrons. The van der Waals surface area contributed by atoms with Crippen molar-refractivity contribution in [3.05, 3.63) is 35.9 Å². The van der Waals surface area contributed by atoms with E-state index in [2.05, 4.69) is 10.1 Å². The number of benzene rings is 1. The summed E-state index contributed by atoms with van der Waals surface area (Å²) in [5.74, 6) is -2.55. The van der Waals surface area contributed by atoms with Crippen molar-refractivity contribution in [1.82, 2.24) is 5.32 Å². The number of hydrogen-bond donors (Lipinski definition) is 1. The number of methoxy groups -OCH3 is 1. The molecule has 1 aromatic carbocycles. The fourth-order valence-electron chi connectivity index (χ4n) is 1.80. The molecule has 0 heterocycles. The van der Waals surface area contributed by atoms with Gasteiger partial charge in [0.2, 0.25) is 5.78 Å². The third-order valence-corrected chi connectivity index (χ3v) is 5.03. The molecule has 1 unspecified atom stereocenters. The van der Waals surface area contributed by atoms with Gasteiger partial charge in [-0.3, -0.25) is 9.88 Å². The van der Waals surface area contributed by atoms with Crippen LogP contribution in [0.2, 0.25) is 0 Å². The Balaban J connectivity index is 2.79. The molecule has 0 aliphatic heterocycles. The highest BCUT2D eigenvalue weighted by molar-refractivity contribution is 7.55. The first-order chi connectivity index (χ1) is 11.5. The highest BCUT2D eigenvalue weighted by Crippen LogP contribution is 2.52. The van der Waals surface area contributed by atoms with Crippen molar-refractivity contribution in [3.8, 4) is 0 Å². The van der Waals surface area contributed by atoms with Gasteiger partial charge in [0.25, 0.3) is 0 Å². The molecule has 24 heavy (non-hydrogen) atoms. The Morgan fingerprint density at radius 2 is 1.71 bits per heavy atom. The van der Waals surface area contributed by atoms with E-state index in [1.807, 2.05) is 6.07 Å². The van der Waals surface area contributed by atoms with E-state index in [1.165, 1.54) is 0 Å². The average molecular weight is 359 g/mol. The summed E-state index contributed by atoms with van der Waals surface area (Å²) < 4.78 is 32.5. The molecule has 0 radical (unpaired) electrons. The first-order valence-electron chi connectivity index (χ1n) is 7.40. The van der Waals surface area contributed by atoms with Crippen LogP contribution in [0, 0.1) is 0 Å². The molecule has 0 aliphatic rings. The SMILES string of the molecule is CCOP(=O)(OCC)C(NC(=O)OCc1ccccc1)C(=O)OC. The number of ether oxygens (including phenoxy) is 2. The fourth-order valence-corrected chi connectivity index (χ4v) is 3.52. The largest absolute Gasteiger partial charge is 0.467 e. The predicted octanol–water partition coefficient (Wildman–Crippen LogP) is 2.68. The van der Waals surface area contributed by atoms with Crippen molar-refractivity contribution >= 4 is 19.7 Å². The molecule has 1 N–H and O–H groups in total. The second kappa shape index (κ2) is 10.1. The zero-order valence-corrected chi connectivity index (χ0v) is 14.8. The second-order valence-electron chi connectivity index (χ2n) is 4.51. The van der Waals surface area contributed by atoms with Crippen molar-refractivity contribution in [2.75, 3.05) is 20.3 Å². The molecule has 0 saturated heterocycles. The molecule has 1 aromatic rings. The molecule has 0 saturated carbocycles. The first-order valence-corrected chi connectivity index (χ1v) is 9.01. The number of esters is 1. The summed E-state index contributed by atoms with van der Waals surface area (Å²) in [4.78, 5) is 23.8. The van der Waals surface area contributed by atoms with E-state index < -0.39 is 25.4 Å². The van der Waals surface area contributed by atoms with Gasteiger partial charge in [-0.05, 0) is 19.4 Å². The topological polar surface area (TPSA) is 100 Å². The van der Waals surface area contributed by atoms with E-state index in [0.717, 1.165) is 12.7 Å². The van der Waals surface area contributed by atoms with Gasteiger partial charge in [0.1, 0.15) is 6.61 Å². The van der Waals surface area contributed by atoms with Gasteiger partial charge in [0.05, 0.1) is 20.3 Å². The molecule has 1 atom stereocenters. The molecule has 0 bridgehead atoms. The average Bonchev–Trinajstić information content (AvgIpc) is 2.58. The number of carbonyl (C=O) groups is 2. The Kier molecular flexibility index (Phi) is 8.46. The Morgan fingerprint density at radius 1 is 1.12 bits per heavy atom. The number of rotatable bonds is 9. The maximum atomic E-state index is 12.7. The van der Waals surface area contributed by atoms with Crippen LogP contribution < -0.4 is 5.32 Å². The van der Waals surface area contributed by atoms with E-state index in [1.54, 1.807) is 38.1 Å². The highest BCUT2D eigenvalue weighted by Gasteiger charge is 2.43. The molecular weight excluding hydrogens is 337 g/mol. The summed E-state index contributed by atoms with van der Waals surface area (Å²) in [7, 11) is -2.83. The monoisotopic (exact) mass is 359 g/mol. The molecule has 0 spiro atoms. The minimum Gasteiger partial charge on any atom is -0.467 e. The van der Waals surface area contributed by atoms with Gasteiger partial charge in [-0.2, -0.15) is 0 Å². The van der Waals surface area contributed by atoms with Crippen LogP contribution >= 0.6 is 7.60 Å². The number of hydrogen-bond acceptors (Lipinski definition) is 7. The predicted molar refractivity (Wildman–Crippen MR) is 86.4 cm³/mol. The molecular formula is C15H22NO7P. The zero-order valence-electron chi connectivity index (χ0n) is 13.9. The van der Waals surface area contributed by atoms with Crippen molar-refractivity contribution in [1.29, 1.82) is 0 Å². The van der Waals surface area contributed by atoms with Crippen molar-refractivity contribution in [2.24, 2.45) is 0 Å². The van der Waals surface area contributed by atoms with Crippen molar-refractivity contribution in [2.45, 2.75) is 26.2 Å². The van der Waals surface area contributed by atoms with Gasteiger partial charge in [-0.1, -0.05) is 30.3 Å². The molecule has 1 amide bonds. The van der Waals surface area contributed by atoms with Crippen LogP contribution in [0.5, 0.6) is 0 Å². The summed E-state index contributed by atoms with van der Waals surface area (Å²) >= 11 is 0. The smallest absolute Gasteiger partial charge is 0.408 e. The number of amides is 1. The van der Waals surface area contributed by atoms with Gasteiger partial charge in [0, 0.05) is 0 Å². The summed E-state index contributed by atoms with van der Waals surface area (Å²) in [5, 5.41) is 2.20. The lowest BCUT2D eigenvalue weighted by Gasteiger charge is -2.24. The Labute approximate surface area is 141 Å². The normalized spacial score (nSPS) is 12.3. The van der Waals surface area contributed by atoms with Gasteiger partial charge >= 0.3 is 19.7 Å². The Bertz CT molecular complexity index is 568. The van der Waals surface area contributed by atoms with Crippen LogP contribution in [0.25, 0.3) is 0 Å². The molecule has 0 aliphatic carbocycles. The summed E-state index contributed by atoms with van der Waals surface area (Å²) in [6.07, 6.45) is -0.936. The number of alkyl carbamates (subject to hydrolysis) is 1. The molecule has 9 heteroatoms. The third kappa shape index (κ3) is 5.96. The van der Waals surface area contributed by atoms with Gasteiger partial charge in [-0.25, -0.2) is 9.59 Å². The zero-order chi connectivity index (χ0) is 18.0. The van der Waals surface area contributed by atoms with E-state index in [-0.39, 0.29) is 19.8 Å². The Hall–Kier alpha value is -1.89. The molecule has 0 aromatic heterocycles. The van der Waals surface area contributed by atoms with E-state index >= 15 is 0 Å². The maximum Gasteiger partial charge on any atom is 0.408 e. The van der Waals surface area contributed by atoms with Crippen LogP contribution in [0.4, 0.5) is 4.79 Å². The van der Waals surface area contributed by atoms with Crippen LogP contribution in [-0.4, -0.2) is 38.2 Å². The standard InChI is InChI=1S/C15H22NO7P/c1-4-22-24(19,23-5-2)13(14(17)20-3)16-15(18)21-11-12-9-7-6-8-10-12/h6-10,13H,4-5,11H2,1-3H3,(H,16,18). The minimum atomic E-state index is -3.94. The van der Waals surface area contributed by atoms with E-state index in [9.17, 15) is 14.2 Å². The fraction of sp³-hybridized carbons (Fsp3) is 0.467. The summed E-state index contributed by atoms with van der Waals surface area (Å²) in [6, 6.07) is 8.97. The Morgan fingerprint density at radius 3 is 2.21 bits per heavy atom. The summed E-state index contributed by atoms with van der Waals surface area (Å²) in [6.45, 7) is 3.24. The lowest BCUT2D eigenvalue weighted by atomic mass is 10.2. The van der Waals surface area contributed by atoms with Gasteiger partial charge < -0.3 is 18.5 Å². The second-order valence-corrected chi connectivity index (χ2v) is 6.62. The molecule has 8 nitrogen and oxygen atoms in total. The lowest BCUT2D eigenvalue weighted by molar-refractivity contribution is -0.141. The lowest BCUT2D eigenvalue weighted by Crippen LogP contribution is -2.42. The third-order valence-electron chi connectivity index (χ3n) is 2.83. The minimum absolute atomic E-state index is 0.00582. The first kappa shape index (κ1) is 20.2. The van der Waals surface area contributed by atoms with E-state index in [0.29, 0.717) is 0 Å². The number of carbonyl (C=O) groups excluding carboxylic acids is 2. The molecule has 1 rings (SSSR count).